The molecule has 5 heteroatoms. The van der Waals surface area contributed by atoms with Crippen molar-refractivity contribution in [3.63, 3.8) is 0 Å². The third kappa shape index (κ3) is 3.55. The molecule has 0 atom stereocenters. The van der Waals surface area contributed by atoms with E-state index in [1.165, 1.54) is 0 Å². The topological polar surface area (TPSA) is 49.8 Å². The number of hydrogen-bond donors (Lipinski definition) is 1. The predicted octanol–water partition coefficient (Wildman–Crippen LogP) is 4.92. The Labute approximate surface area is 162 Å². The molecule has 2 aromatic rings. The van der Waals surface area contributed by atoms with Gasteiger partial charge in [-0.25, -0.2) is 0 Å². The van der Waals surface area contributed by atoms with Gasteiger partial charge in [-0.15, -0.1) is 0 Å². The van der Waals surface area contributed by atoms with Gasteiger partial charge in [0.25, 0.3) is 0 Å². The number of fused-ring (bicyclic) bond motifs is 1. The normalized spacial score (nSPS) is 14.8. The van der Waals surface area contributed by atoms with E-state index < -0.39 is 0 Å². The number of carbonyl (C=O) groups is 1. The molecule has 0 bridgehead atoms. The molecular formula is C21H22BrNO3. The van der Waals surface area contributed by atoms with Crippen molar-refractivity contribution < 1.29 is 14.6 Å². The highest BCUT2D eigenvalue weighted by atomic mass is 79.9. The lowest BCUT2D eigenvalue weighted by atomic mass is 9.99. The van der Waals surface area contributed by atoms with E-state index in [4.69, 9.17) is 4.74 Å². The summed E-state index contributed by atoms with van der Waals surface area (Å²) in [4.78, 5) is 15.1. The first-order valence-corrected chi connectivity index (χ1v) is 9.51. The molecule has 0 amide bonds. The summed E-state index contributed by atoms with van der Waals surface area (Å²) in [7, 11) is 0. The van der Waals surface area contributed by atoms with Crippen LogP contribution in [0.4, 0.5) is 0 Å². The van der Waals surface area contributed by atoms with E-state index in [-0.39, 0.29) is 17.3 Å². The van der Waals surface area contributed by atoms with E-state index in [0.717, 1.165) is 28.7 Å². The van der Waals surface area contributed by atoms with Gasteiger partial charge in [-0.2, -0.15) is 0 Å². The number of ether oxygens (including phenoxy) is 1. The number of benzene rings is 2. The molecule has 0 aliphatic carbocycles. The molecule has 0 saturated carbocycles. The van der Waals surface area contributed by atoms with Crippen LogP contribution in [0, 0.1) is 6.92 Å². The van der Waals surface area contributed by atoms with E-state index in [1.54, 1.807) is 12.1 Å². The second-order valence-corrected chi connectivity index (χ2v) is 7.26. The first-order chi connectivity index (χ1) is 12.4. The molecular weight excluding hydrogens is 394 g/mol. The number of hydrogen-bond acceptors (Lipinski definition) is 4. The van der Waals surface area contributed by atoms with Crippen LogP contribution >= 0.6 is 15.9 Å². The number of allylic oxidation sites excluding steroid dienone is 1. The van der Waals surface area contributed by atoms with Crippen LogP contribution in [-0.4, -0.2) is 28.9 Å². The minimum atomic E-state index is -0.138. The zero-order chi connectivity index (χ0) is 18.8. The largest absolute Gasteiger partial charge is 0.507 e. The zero-order valence-corrected chi connectivity index (χ0v) is 16.8. The van der Waals surface area contributed by atoms with Gasteiger partial charge in [0.05, 0.1) is 11.1 Å². The Morgan fingerprint density at radius 3 is 2.46 bits per heavy atom. The quantitative estimate of drug-likeness (QED) is 0.703. The Balaban J connectivity index is 2.02. The fourth-order valence-corrected chi connectivity index (χ4v) is 3.38. The smallest absolute Gasteiger partial charge is 0.232 e. The third-order valence-electron chi connectivity index (χ3n) is 4.66. The number of halogens is 1. The van der Waals surface area contributed by atoms with Gasteiger partial charge in [0, 0.05) is 11.0 Å². The summed E-state index contributed by atoms with van der Waals surface area (Å²) in [5.74, 6) is 0.812. The summed E-state index contributed by atoms with van der Waals surface area (Å²) >= 11 is 3.41. The minimum Gasteiger partial charge on any atom is -0.507 e. The molecule has 0 saturated heterocycles. The Bertz CT molecular complexity index is 868. The molecule has 3 rings (SSSR count). The van der Waals surface area contributed by atoms with Crippen LogP contribution < -0.4 is 4.74 Å². The van der Waals surface area contributed by atoms with Gasteiger partial charge in [-0.1, -0.05) is 41.9 Å². The fraction of sp³-hybridized carbons (Fsp3) is 0.286. The number of ketones is 1. The number of phenolic OH excluding ortho intramolecular Hbond substituents is 1. The van der Waals surface area contributed by atoms with E-state index in [9.17, 15) is 9.90 Å². The highest BCUT2D eigenvalue weighted by Crippen LogP contribution is 2.42. The second-order valence-electron chi connectivity index (χ2n) is 6.35. The van der Waals surface area contributed by atoms with Crippen molar-refractivity contribution in [1.29, 1.82) is 0 Å². The van der Waals surface area contributed by atoms with Crippen LogP contribution in [0.3, 0.4) is 0 Å². The number of phenols is 1. The van der Waals surface area contributed by atoms with E-state index in [1.807, 2.05) is 31.2 Å². The Hall–Kier alpha value is -2.11. The zero-order valence-electron chi connectivity index (χ0n) is 15.2. The number of aryl methyl sites for hydroxylation is 1. The van der Waals surface area contributed by atoms with Crippen LogP contribution in [0.5, 0.6) is 11.5 Å². The van der Waals surface area contributed by atoms with Crippen molar-refractivity contribution in [2.24, 2.45) is 0 Å². The van der Waals surface area contributed by atoms with E-state index >= 15 is 0 Å². The summed E-state index contributed by atoms with van der Waals surface area (Å²) < 4.78 is 6.93. The van der Waals surface area contributed by atoms with Crippen LogP contribution in [0.15, 0.2) is 40.6 Å². The molecule has 1 aliphatic rings. The number of aromatic hydroxyl groups is 1. The third-order valence-corrected chi connectivity index (χ3v) is 5.19. The van der Waals surface area contributed by atoms with Gasteiger partial charge in [0.1, 0.15) is 11.5 Å². The van der Waals surface area contributed by atoms with Gasteiger partial charge in [-0.05, 0) is 55.4 Å². The predicted molar refractivity (Wildman–Crippen MR) is 107 cm³/mol. The van der Waals surface area contributed by atoms with Crippen LogP contribution in [0.2, 0.25) is 0 Å². The molecule has 0 fully saturated rings. The monoisotopic (exact) mass is 415 g/mol. The van der Waals surface area contributed by atoms with Gasteiger partial charge >= 0.3 is 0 Å². The lowest BCUT2D eigenvalue weighted by molar-refractivity contribution is 0.101. The fourth-order valence-electron chi connectivity index (χ4n) is 3.11. The molecule has 0 unspecified atom stereocenters. The summed E-state index contributed by atoms with van der Waals surface area (Å²) in [6, 6.07) is 9.32. The Kier molecular flexibility index (Phi) is 5.49. The average molecular weight is 416 g/mol. The van der Waals surface area contributed by atoms with E-state index in [0.29, 0.717) is 23.4 Å². The number of nitrogens with zero attached hydrogens (tertiary/aromatic N) is 1. The number of Topliss-reactive ketones (excluding diaryl/α,β-unsaturated/α-hetero) is 1. The highest BCUT2D eigenvalue weighted by Gasteiger charge is 2.33. The first kappa shape index (κ1) is 18.7. The van der Waals surface area contributed by atoms with Gasteiger partial charge in [0.15, 0.2) is 5.76 Å². The molecule has 26 heavy (non-hydrogen) atoms. The van der Waals surface area contributed by atoms with E-state index in [2.05, 4.69) is 34.7 Å². The maximum atomic E-state index is 12.9. The van der Waals surface area contributed by atoms with Crippen LogP contribution in [-0.2, 0) is 6.54 Å². The van der Waals surface area contributed by atoms with Crippen LogP contribution in [0.1, 0.15) is 40.9 Å². The second kappa shape index (κ2) is 7.64. The van der Waals surface area contributed by atoms with Crippen molar-refractivity contribution in [2.75, 3.05) is 13.1 Å². The molecule has 136 valence electrons. The van der Waals surface area contributed by atoms with Gasteiger partial charge < -0.3 is 9.84 Å². The lowest BCUT2D eigenvalue weighted by Gasteiger charge is -2.20. The molecule has 0 spiro atoms. The highest BCUT2D eigenvalue weighted by molar-refractivity contribution is 9.10. The van der Waals surface area contributed by atoms with Crippen molar-refractivity contribution in [3.8, 4) is 11.5 Å². The maximum Gasteiger partial charge on any atom is 0.232 e. The Morgan fingerprint density at radius 2 is 1.85 bits per heavy atom. The molecule has 1 aliphatic heterocycles. The first-order valence-electron chi connectivity index (χ1n) is 8.72. The molecule has 0 aromatic heterocycles. The molecule has 1 heterocycles. The molecule has 0 radical (unpaired) electrons. The maximum absolute atomic E-state index is 12.9. The number of rotatable bonds is 5. The summed E-state index contributed by atoms with van der Waals surface area (Å²) in [5.41, 5.74) is 2.83. The summed E-state index contributed by atoms with van der Waals surface area (Å²) in [6.45, 7) is 8.21. The van der Waals surface area contributed by atoms with Crippen molar-refractivity contribution in [3.05, 3.63) is 62.8 Å². The average Bonchev–Trinajstić information content (AvgIpc) is 2.94. The lowest BCUT2D eigenvalue weighted by Crippen LogP contribution is -2.22. The number of carbonyl (C=O) groups excluding carboxylic acids is 1. The summed E-state index contributed by atoms with van der Waals surface area (Å²) in [6.07, 6.45) is 1.74. The van der Waals surface area contributed by atoms with Crippen molar-refractivity contribution in [1.82, 2.24) is 4.90 Å². The van der Waals surface area contributed by atoms with Gasteiger partial charge in [0.2, 0.25) is 5.78 Å². The minimum absolute atomic E-state index is 0.138. The molecule has 2 aromatic carbocycles. The molecule has 1 N–H and O–H groups in total. The van der Waals surface area contributed by atoms with Crippen molar-refractivity contribution >= 4 is 27.8 Å². The molecule has 4 nitrogen and oxygen atoms in total. The van der Waals surface area contributed by atoms with Crippen molar-refractivity contribution in [2.45, 2.75) is 27.3 Å². The van der Waals surface area contributed by atoms with Gasteiger partial charge in [-0.3, -0.25) is 9.69 Å². The standard InChI is InChI=1S/C21H22BrNO3/c1-4-23(5-2)12-16-17(24)10-13(3)19-20(25)18(26-21(16)19)11-14-6-8-15(22)9-7-14/h6-11,24H,4-5,12H2,1-3H3/b18-11-. The Morgan fingerprint density at radius 1 is 1.19 bits per heavy atom. The SMILES string of the molecule is CCN(CC)Cc1c(O)cc(C)c2c1O/C(=C\c1ccc(Br)cc1)C2=O. The summed E-state index contributed by atoms with van der Waals surface area (Å²) in [5, 5.41) is 10.4. The van der Waals surface area contributed by atoms with Crippen LogP contribution in [0.25, 0.3) is 6.08 Å².